The van der Waals surface area contributed by atoms with Crippen molar-refractivity contribution in [2.75, 3.05) is 39.8 Å². The molecule has 0 aromatic rings. The topological polar surface area (TPSA) is 53.6 Å². The van der Waals surface area contributed by atoms with E-state index in [2.05, 4.69) is 42.5 Å². The number of nitrogens with one attached hydrogen (secondary N) is 2. The van der Waals surface area contributed by atoms with Crippen LogP contribution in [0.1, 0.15) is 26.7 Å². The van der Waals surface area contributed by atoms with Crippen LogP contribution in [0.2, 0.25) is 0 Å². The van der Waals surface area contributed by atoms with E-state index in [1.165, 1.54) is 0 Å². The van der Waals surface area contributed by atoms with Gasteiger partial charge in [0.15, 0.2) is 0 Å². The van der Waals surface area contributed by atoms with E-state index in [1.54, 1.807) is 7.11 Å². The lowest BCUT2D eigenvalue weighted by Crippen LogP contribution is -2.56. The lowest BCUT2D eigenvalue weighted by atomic mass is 9.90. The fraction of sp³-hybridized carbons (Fsp3) is 0.722. The van der Waals surface area contributed by atoms with Crippen LogP contribution < -0.4 is 10.6 Å². The Kier molecular flexibility index (Phi) is 8.52. The number of ether oxygens (including phenoxy) is 1. The van der Waals surface area contributed by atoms with Gasteiger partial charge in [-0.25, -0.2) is 0 Å². The molecule has 1 fully saturated rings. The Morgan fingerprint density at radius 2 is 1.87 bits per heavy atom. The minimum atomic E-state index is -0.686. The molecule has 0 radical (unpaired) electrons. The third-order valence-corrected chi connectivity index (χ3v) is 4.65. The third-order valence-electron chi connectivity index (χ3n) is 4.65. The number of carbonyl (C=O) groups excluding carboxylic acids is 1. The van der Waals surface area contributed by atoms with Gasteiger partial charge >= 0.3 is 0 Å². The van der Waals surface area contributed by atoms with Crippen molar-refractivity contribution in [3.63, 3.8) is 0 Å². The molecule has 1 saturated heterocycles. The average molecular weight is 323 g/mol. The van der Waals surface area contributed by atoms with Crippen LogP contribution in [-0.2, 0) is 9.53 Å². The van der Waals surface area contributed by atoms with E-state index in [0.717, 1.165) is 26.2 Å². The summed E-state index contributed by atoms with van der Waals surface area (Å²) in [5, 5.41) is 6.39. The van der Waals surface area contributed by atoms with Crippen molar-refractivity contribution in [2.24, 2.45) is 5.92 Å². The molecule has 0 saturated carbocycles. The molecule has 1 aliphatic rings. The number of nitrogens with zero attached hydrogens (tertiary/aromatic N) is 1. The molecule has 5 nitrogen and oxygen atoms in total. The van der Waals surface area contributed by atoms with Gasteiger partial charge in [0.2, 0.25) is 0 Å². The molecule has 2 N–H and O–H groups in total. The first-order valence-corrected chi connectivity index (χ1v) is 8.50. The zero-order valence-electron chi connectivity index (χ0n) is 14.9. The third kappa shape index (κ3) is 5.44. The molecule has 1 rings (SSSR count). The van der Waals surface area contributed by atoms with E-state index in [1.807, 2.05) is 12.2 Å². The van der Waals surface area contributed by atoms with E-state index < -0.39 is 5.60 Å². The molecule has 23 heavy (non-hydrogen) atoms. The predicted octanol–water partition coefficient (Wildman–Crippen LogP) is 1.57. The Balaban J connectivity index is 2.71. The molecular formula is C18H33N3O2. The molecule has 0 bridgehead atoms. The first kappa shape index (κ1) is 19.9. The molecular weight excluding hydrogens is 290 g/mol. The summed E-state index contributed by atoms with van der Waals surface area (Å²) in [6, 6.07) is 0.241. The highest BCUT2D eigenvalue weighted by atomic mass is 16.5. The molecule has 5 heteroatoms. The van der Waals surface area contributed by atoms with Gasteiger partial charge in [0, 0.05) is 32.8 Å². The number of hydrogen-bond acceptors (Lipinski definition) is 4. The molecule has 0 aliphatic carbocycles. The van der Waals surface area contributed by atoms with Crippen LogP contribution in [0.5, 0.6) is 0 Å². The summed E-state index contributed by atoms with van der Waals surface area (Å²) in [4.78, 5) is 15.0. The second kappa shape index (κ2) is 9.85. The summed E-state index contributed by atoms with van der Waals surface area (Å²) in [5.41, 5.74) is -0.686. The minimum Gasteiger partial charge on any atom is -0.368 e. The van der Waals surface area contributed by atoms with Gasteiger partial charge in [0.25, 0.3) is 5.91 Å². The maximum Gasteiger partial charge on any atom is 0.252 e. The normalized spacial score (nSPS) is 18.7. The largest absolute Gasteiger partial charge is 0.368 e. The summed E-state index contributed by atoms with van der Waals surface area (Å²) in [7, 11) is 1.63. The van der Waals surface area contributed by atoms with E-state index in [-0.39, 0.29) is 11.9 Å². The van der Waals surface area contributed by atoms with Crippen molar-refractivity contribution in [3.8, 4) is 0 Å². The highest BCUT2D eigenvalue weighted by Crippen LogP contribution is 2.22. The number of piperidine rings is 1. The Hall–Kier alpha value is -1.17. The highest BCUT2D eigenvalue weighted by molar-refractivity contribution is 5.85. The zero-order valence-corrected chi connectivity index (χ0v) is 14.9. The van der Waals surface area contributed by atoms with E-state index in [0.29, 0.717) is 25.3 Å². The Labute approximate surface area is 141 Å². The quantitative estimate of drug-likeness (QED) is 0.599. The number of hydrogen-bond donors (Lipinski definition) is 2. The molecule has 0 aromatic heterocycles. The first-order valence-electron chi connectivity index (χ1n) is 8.50. The van der Waals surface area contributed by atoms with Crippen LogP contribution in [0.4, 0.5) is 0 Å². The lowest BCUT2D eigenvalue weighted by Gasteiger charge is -2.37. The van der Waals surface area contributed by atoms with Crippen LogP contribution in [-0.4, -0.2) is 62.3 Å². The first-order chi connectivity index (χ1) is 11.0. The van der Waals surface area contributed by atoms with E-state index in [9.17, 15) is 4.79 Å². The molecule has 1 aliphatic heterocycles. The molecule has 1 amide bonds. The summed E-state index contributed by atoms with van der Waals surface area (Å²) in [6.07, 6.45) is 5.21. The number of rotatable bonds is 10. The Bertz CT molecular complexity index is 380. The number of methoxy groups -OCH3 is 1. The van der Waals surface area contributed by atoms with Gasteiger partial charge < -0.3 is 15.4 Å². The summed E-state index contributed by atoms with van der Waals surface area (Å²) in [5.74, 6) is 0.422. The summed E-state index contributed by atoms with van der Waals surface area (Å²) in [6.45, 7) is 15.8. The van der Waals surface area contributed by atoms with Crippen LogP contribution in [0, 0.1) is 5.92 Å². The second-order valence-corrected chi connectivity index (χ2v) is 6.50. The van der Waals surface area contributed by atoms with Crippen LogP contribution in [0.25, 0.3) is 0 Å². The molecule has 1 atom stereocenters. The van der Waals surface area contributed by atoms with Crippen molar-refractivity contribution in [1.29, 1.82) is 0 Å². The SMILES string of the molecule is C=CCN(CC=C)C(CNC(=O)C1(OC)CCNCC1)C(C)C. The monoisotopic (exact) mass is 323 g/mol. The van der Waals surface area contributed by atoms with Gasteiger partial charge in [-0.05, 0) is 31.8 Å². The Morgan fingerprint density at radius 3 is 2.30 bits per heavy atom. The van der Waals surface area contributed by atoms with Gasteiger partial charge in [0.1, 0.15) is 5.60 Å². The molecule has 0 aromatic carbocycles. The molecule has 0 spiro atoms. The second-order valence-electron chi connectivity index (χ2n) is 6.50. The molecule has 1 unspecified atom stereocenters. The fourth-order valence-electron chi connectivity index (χ4n) is 3.18. The van der Waals surface area contributed by atoms with E-state index >= 15 is 0 Å². The maximum absolute atomic E-state index is 12.7. The van der Waals surface area contributed by atoms with Gasteiger partial charge in [-0.3, -0.25) is 9.69 Å². The van der Waals surface area contributed by atoms with Gasteiger partial charge in [-0.1, -0.05) is 26.0 Å². The highest BCUT2D eigenvalue weighted by Gasteiger charge is 2.39. The maximum atomic E-state index is 12.7. The summed E-state index contributed by atoms with van der Waals surface area (Å²) >= 11 is 0. The fourth-order valence-corrected chi connectivity index (χ4v) is 3.18. The molecule has 132 valence electrons. The van der Waals surface area contributed by atoms with Crippen LogP contribution in [0.15, 0.2) is 25.3 Å². The van der Waals surface area contributed by atoms with Crippen molar-refractivity contribution in [1.82, 2.24) is 15.5 Å². The standard InChI is InChI=1S/C18H33N3O2/c1-6-12-21(13-7-2)16(15(3)4)14-20-17(22)18(23-5)8-10-19-11-9-18/h6-7,15-16,19H,1-2,8-14H2,3-5H3,(H,20,22). The van der Waals surface area contributed by atoms with Crippen molar-refractivity contribution >= 4 is 5.91 Å². The molecule has 1 heterocycles. The van der Waals surface area contributed by atoms with Gasteiger partial charge in [0.05, 0.1) is 0 Å². The van der Waals surface area contributed by atoms with Gasteiger partial charge in [-0.2, -0.15) is 0 Å². The van der Waals surface area contributed by atoms with Gasteiger partial charge in [-0.15, -0.1) is 13.2 Å². The van der Waals surface area contributed by atoms with Crippen molar-refractivity contribution < 1.29 is 9.53 Å². The van der Waals surface area contributed by atoms with E-state index in [4.69, 9.17) is 4.74 Å². The van der Waals surface area contributed by atoms with Crippen molar-refractivity contribution in [2.45, 2.75) is 38.3 Å². The smallest absolute Gasteiger partial charge is 0.252 e. The van der Waals surface area contributed by atoms with Crippen molar-refractivity contribution in [3.05, 3.63) is 25.3 Å². The minimum absolute atomic E-state index is 0.00399. The predicted molar refractivity (Wildman–Crippen MR) is 95.4 cm³/mol. The lowest BCUT2D eigenvalue weighted by molar-refractivity contribution is -0.147. The van der Waals surface area contributed by atoms with Crippen LogP contribution in [0.3, 0.4) is 0 Å². The number of amides is 1. The van der Waals surface area contributed by atoms with Crippen LogP contribution >= 0.6 is 0 Å². The average Bonchev–Trinajstić information content (AvgIpc) is 2.55. The zero-order chi connectivity index (χ0) is 17.3. The number of carbonyl (C=O) groups is 1. The summed E-state index contributed by atoms with van der Waals surface area (Å²) < 4.78 is 5.59. The Morgan fingerprint density at radius 1 is 1.30 bits per heavy atom.